The van der Waals surface area contributed by atoms with Gasteiger partial charge in [0, 0.05) is 18.5 Å². The molecule has 1 aromatic carbocycles. The van der Waals surface area contributed by atoms with Crippen LogP contribution in [-0.4, -0.2) is 22.8 Å². The Hall–Kier alpha value is -2.43. The lowest BCUT2D eigenvalue weighted by molar-refractivity contribution is -0.126. The van der Waals surface area contributed by atoms with E-state index in [0.29, 0.717) is 5.69 Å². The van der Waals surface area contributed by atoms with Crippen molar-refractivity contribution in [2.24, 2.45) is 5.92 Å². The van der Waals surface area contributed by atoms with E-state index < -0.39 is 6.04 Å². The molecule has 0 spiro atoms. The molecule has 0 saturated heterocycles. The molecular weight excluding hydrogens is 290 g/mol. The van der Waals surface area contributed by atoms with Gasteiger partial charge in [-0.2, -0.15) is 0 Å². The smallest absolute Gasteiger partial charge is 0.247 e. The average molecular weight is 311 g/mol. The molecule has 1 aromatic heterocycles. The number of hydrogen-bond donors (Lipinski definition) is 2. The molecule has 1 saturated carbocycles. The lowest BCUT2D eigenvalue weighted by atomic mass is 9.97. The number of anilines is 1. The predicted molar refractivity (Wildman–Crippen MR) is 89.9 cm³/mol. The molecule has 2 N–H and O–H groups in total. The van der Waals surface area contributed by atoms with Crippen molar-refractivity contribution in [3.63, 3.8) is 0 Å². The molecule has 1 heterocycles. The molecule has 2 amide bonds. The standard InChI is InChI=1S/C18H21N3O2/c1-12(22)20-17(14-6-2-3-7-14)18(23)21-15-10-4-8-13-9-5-11-19-16(13)15/h4-5,8-11,14,17H,2-3,6-7H2,1H3,(H,20,22)(H,21,23). The summed E-state index contributed by atoms with van der Waals surface area (Å²) >= 11 is 0. The minimum absolute atomic E-state index is 0.162. The summed E-state index contributed by atoms with van der Waals surface area (Å²) in [5, 5.41) is 6.74. The van der Waals surface area contributed by atoms with Crippen LogP contribution in [0, 0.1) is 5.92 Å². The van der Waals surface area contributed by atoms with E-state index in [4.69, 9.17) is 0 Å². The second-order valence-corrected chi connectivity index (χ2v) is 6.09. The molecule has 1 atom stereocenters. The van der Waals surface area contributed by atoms with Gasteiger partial charge in [0.05, 0.1) is 11.2 Å². The first-order chi connectivity index (χ1) is 11.1. The van der Waals surface area contributed by atoms with Gasteiger partial charge in [-0.3, -0.25) is 14.6 Å². The molecule has 1 aliphatic rings. The number of nitrogens with zero attached hydrogens (tertiary/aromatic N) is 1. The van der Waals surface area contributed by atoms with Crippen molar-refractivity contribution in [2.45, 2.75) is 38.6 Å². The SMILES string of the molecule is CC(=O)NC(C(=O)Nc1cccc2cccnc12)C1CCCC1. The number of carbonyl (C=O) groups excluding carboxylic acids is 2. The van der Waals surface area contributed by atoms with E-state index >= 15 is 0 Å². The van der Waals surface area contributed by atoms with Crippen LogP contribution in [0.15, 0.2) is 36.5 Å². The Morgan fingerprint density at radius 1 is 1.17 bits per heavy atom. The first-order valence-electron chi connectivity index (χ1n) is 8.07. The Labute approximate surface area is 135 Å². The van der Waals surface area contributed by atoms with Gasteiger partial charge in [0.15, 0.2) is 0 Å². The minimum Gasteiger partial charge on any atom is -0.344 e. The highest BCUT2D eigenvalue weighted by atomic mass is 16.2. The van der Waals surface area contributed by atoms with Gasteiger partial charge < -0.3 is 10.6 Å². The molecule has 23 heavy (non-hydrogen) atoms. The third-order valence-corrected chi connectivity index (χ3v) is 4.40. The highest BCUT2D eigenvalue weighted by Gasteiger charge is 2.31. The molecule has 3 rings (SSSR count). The molecular formula is C18H21N3O2. The number of pyridine rings is 1. The highest BCUT2D eigenvalue weighted by Crippen LogP contribution is 2.29. The summed E-state index contributed by atoms with van der Waals surface area (Å²) in [6.45, 7) is 1.45. The van der Waals surface area contributed by atoms with Gasteiger partial charge in [-0.05, 0) is 30.9 Å². The van der Waals surface area contributed by atoms with Gasteiger partial charge >= 0.3 is 0 Å². The number of rotatable bonds is 4. The van der Waals surface area contributed by atoms with Gasteiger partial charge in [0.25, 0.3) is 0 Å². The van der Waals surface area contributed by atoms with Crippen LogP contribution < -0.4 is 10.6 Å². The Morgan fingerprint density at radius 2 is 1.91 bits per heavy atom. The van der Waals surface area contributed by atoms with Gasteiger partial charge in [-0.25, -0.2) is 0 Å². The lowest BCUT2D eigenvalue weighted by Crippen LogP contribution is -2.47. The van der Waals surface area contributed by atoms with Gasteiger partial charge in [0.2, 0.25) is 11.8 Å². The number of para-hydroxylation sites is 1. The fourth-order valence-electron chi connectivity index (χ4n) is 3.32. The van der Waals surface area contributed by atoms with Crippen molar-refractivity contribution in [1.29, 1.82) is 0 Å². The van der Waals surface area contributed by atoms with E-state index in [1.165, 1.54) is 6.92 Å². The molecule has 120 valence electrons. The zero-order valence-corrected chi connectivity index (χ0v) is 13.2. The zero-order valence-electron chi connectivity index (χ0n) is 13.2. The van der Waals surface area contributed by atoms with Crippen molar-refractivity contribution in [3.8, 4) is 0 Å². The fourth-order valence-corrected chi connectivity index (χ4v) is 3.32. The van der Waals surface area contributed by atoms with Crippen LogP contribution in [0.2, 0.25) is 0 Å². The first-order valence-corrected chi connectivity index (χ1v) is 8.07. The summed E-state index contributed by atoms with van der Waals surface area (Å²) in [6.07, 6.45) is 5.90. The zero-order chi connectivity index (χ0) is 16.2. The van der Waals surface area contributed by atoms with Crippen LogP contribution in [0.1, 0.15) is 32.6 Å². The predicted octanol–water partition coefficient (Wildman–Crippen LogP) is 2.87. The number of amides is 2. The van der Waals surface area contributed by atoms with Crippen LogP contribution in [0.4, 0.5) is 5.69 Å². The van der Waals surface area contributed by atoms with Crippen molar-refractivity contribution >= 4 is 28.4 Å². The third-order valence-electron chi connectivity index (χ3n) is 4.40. The van der Waals surface area contributed by atoms with Crippen LogP contribution in [0.5, 0.6) is 0 Å². The van der Waals surface area contributed by atoms with E-state index in [1.807, 2.05) is 30.3 Å². The summed E-state index contributed by atoms with van der Waals surface area (Å²) in [7, 11) is 0. The summed E-state index contributed by atoms with van der Waals surface area (Å²) in [5.41, 5.74) is 1.44. The van der Waals surface area contributed by atoms with Crippen molar-refractivity contribution in [1.82, 2.24) is 10.3 Å². The van der Waals surface area contributed by atoms with E-state index in [1.54, 1.807) is 6.20 Å². The maximum atomic E-state index is 12.7. The second kappa shape index (κ2) is 6.77. The summed E-state index contributed by atoms with van der Waals surface area (Å²) < 4.78 is 0. The fraction of sp³-hybridized carbons (Fsp3) is 0.389. The number of hydrogen-bond acceptors (Lipinski definition) is 3. The van der Waals surface area contributed by atoms with Gasteiger partial charge in [0.1, 0.15) is 6.04 Å². The van der Waals surface area contributed by atoms with Crippen molar-refractivity contribution < 1.29 is 9.59 Å². The van der Waals surface area contributed by atoms with Gasteiger partial charge in [-0.1, -0.05) is 31.0 Å². The molecule has 1 fully saturated rings. The summed E-state index contributed by atoms with van der Waals surface area (Å²) in [5.74, 6) is -0.125. The molecule has 5 nitrogen and oxygen atoms in total. The van der Waals surface area contributed by atoms with Crippen LogP contribution in [0.25, 0.3) is 10.9 Å². The Morgan fingerprint density at radius 3 is 2.65 bits per heavy atom. The molecule has 0 aliphatic heterocycles. The molecule has 2 aromatic rings. The number of carbonyl (C=O) groups is 2. The lowest BCUT2D eigenvalue weighted by Gasteiger charge is -2.23. The monoisotopic (exact) mass is 311 g/mol. The van der Waals surface area contributed by atoms with Crippen molar-refractivity contribution in [3.05, 3.63) is 36.5 Å². The Balaban J connectivity index is 1.83. The summed E-state index contributed by atoms with van der Waals surface area (Å²) in [4.78, 5) is 28.6. The molecule has 0 radical (unpaired) electrons. The van der Waals surface area contributed by atoms with E-state index in [0.717, 1.165) is 36.6 Å². The summed E-state index contributed by atoms with van der Waals surface area (Å²) in [6, 6.07) is 9.04. The molecule has 5 heteroatoms. The topological polar surface area (TPSA) is 71.1 Å². The number of aromatic nitrogens is 1. The largest absolute Gasteiger partial charge is 0.344 e. The van der Waals surface area contributed by atoms with Crippen LogP contribution >= 0.6 is 0 Å². The van der Waals surface area contributed by atoms with E-state index in [9.17, 15) is 9.59 Å². The highest BCUT2D eigenvalue weighted by molar-refractivity contribution is 6.03. The van der Waals surface area contributed by atoms with Crippen molar-refractivity contribution in [2.75, 3.05) is 5.32 Å². The Bertz CT molecular complexity index is 718. The Kier molecular flexibility index (Phi) is 4.55. The quantitative estimate of drug-likeness (QED) is 0.912. The molecule has 0 bridgehead atoms. The maximum absolute atomic E-state index is 12.7. The van der Waals surface area contributed by atoms with Crippen LogP contribution in [0.3, 0.4) is 0 Å². The third kappa shape index (κ3) is 3.50. The maximum Gasteiger partial charge on any atom is 0.247 e. The average Bonchev–Trinajstić information content (AvgIpc) is 3.07. The van der Waals surface area contributed by atoms with Crippen LogP contribution in [-0.2, 0) is 9.59 Å². The molecule has 1 aliphatic carbocycles. The first kappa shape index (κ1) is 15.5. The number of nitrogens with one attached hydrogen (secondary N) is 2. The number of benzene rings is 1. The van der Waals surface area contributed by atoms with E-state index in [2.05, 4.69) is 15.6 Å². The number of fused-ring (bicyclic) bond motifs is 1. The van der Waals surface area contributed by atoms with E-state index in [-0.39, 0.29) is 17.7 Å². The minimum atomic E-state index is -0.478. The van der Waals surface area contributed by atoms with Gasteiger partial charge in [-0.15, -0.1) is 0 Å². The normalized spacial score (nSPS) is 16.2. The molecule has 1 unspecified atom stereocenters. The second-order valence-electron chi connectivity index (χ2n) is 6.09.